The molecular formula is C27H16BrN3S2. The number of rotatable bonds is 3. The van der Waals surface area contributed by atoms with Crippen LogP contribution in [0.5, 0.6) is 0 Å². The standard InChI is InChI=1S/C27H16BrN3S2/c28-20-12-14-22-24(16-20)33-21-13-11-19(15-23(21)32-22)27-30-25(17-7-3-1-4-8-17)29-26(31-27)18-9-5-2-6-10-18/h1-16H. The van der Waals surface area contributed by atoms with Gasteiger partial charge in [-0.1, -0.05) is 100 Å². The largest absolute Gasteiger partial charge is 0.208 e. The Morgan fingerprint density at radius 2 is 0.939 bits per heavy atom. The van der Waals surface area contributed by atoms with E-state index in [9.17, 15) is 0 Å². The van der Waals surface area contributed by atoms with Crippen molar-refractivity contribution in [1.82, 2.24) is 15.0 Å². The highest BCUT2D eigenvalue weighted by Crippen LogP contribution is 2.49. The molecule has 0 fully saturated rings. The van der Waals surface area contributed by atoms with Gasteiger partial charge >= 0.3 is 0 Å². The molecule has 0 saturated carbocycles. The maximum atomic E-state index is 4.86. The minimum Gasteiger partial charge on any atom is -0.208 e. The van der Waals surface area contributed by atoms with Gasteiger partial charge in [-0.05, 0) is 36.4 Å². The summed E-state index contributed by atoms with van der Waals surface area (Å²) in [7, 11) is 0. The highest BCUT2D eigenvalue weighted by molar-refractivity contribution is 9.10. The van der Waals surface area contributed by atoms with Crippen LogP contribution >= 0.6 is 39.5 Å². The van der Waals surface area contributed by atoms with E-state index in [1.165, 1.54) is 19.6 Å². The summed E-state index contributed by atoms with van der Waals surface area (Å²) in [4.78, 5) is 19.5. The Hall–Kier alpha value is -2.93. The molecule has 0 atom stereocenters. The molecule has 1 aliphatic heterocycles. The van der Waals surface area contributed by atoms with Crippen LogP contribution in [0.2, 0.25) is 0 Å². The van der Waals surface area contributed by atoms with E-state index in [4.69, 9.17) is 15.0 Å². The van der Waals surface area contributed by atoms with Crippen LogP contribution in [0.4, 0.5) is 0 Å². The summed E-state index contributed by atoms with van der Waals surface area (Å²) in [6, 6.07) is 33.0. The predicted octanol–water partition coefficient (Wildman–Crippen LogP) is 8.25. The van der Waals surface area contributed by atoms with Crippen LogP contribution in [0.25, 0.3) is 34.2 Å². The van der Waals surface area contributed by atoms with Crippen molar-refractivity contribution in [2.24, 2.45) is 0 Å². The van der Waals surface area contributed by atoms with Gasteiger partial charge in [0.2, 0.25) is 0 Å². The summed E-state index contributed by atoms with van der Waals surface area (Å²) in [5, 5.41) is 0. The van der Waals surface area contributed by atoms with E-state index in [1.807, 2.05) is 60.7 Å². The molecule has 158 valence electrons. The summed E-state index contributed by atoms with van der Waals surface area (Å²) < 4.78 is 1.10. The van der Waals surface area contributed by atoms with Crippen LogP contribution in [-0.4, -0.2) is 15.0 Å². The Morgan fingerprint density at radius 1 is 0.455 bits per heavy atom. The molecule has 1 aliphatic rings. The number of hydrogen-bond acceptors (Lipinski definition) is 5. The zero-order valence-corrected chi connectivity index (χ0v) is 20.5. The third-order valence-corrected chi connectivity index (χ3v) is 8.27. The van der Waals surface area contributed by atoms with Gasteiger partial charge in [0.1, 0.15) is 0 Å². The van der Waals surface area contributed by atoms with Crippen molar-refractivity contribution in [3.8, 4) is 34.2 Å². The second-order valence-corrected chi connectivity index (χ2v) is 10.6. The summed E-state index contributed by atoms with van der Waals surface area (Å²) >= 11 is 7.16. The maximum Gasteiger partial charge on any atom is 0.164 e. The molecule has 0 N–H and O–H groups in total. The van der Waals surface area contributed by atoms with Gasteiger partial charge in [-0.3, -0.25) is 0 Å². The fourth-order valence-electron chi connectivity index (χ4n) is 3.63. The molecule has 2 heterocycles. The van der Waals surface area contributed by atoms with Crippen LogP contribution in [0.3, 0.4) is 0 Å². The molecule has 0 radical (unpaired) electrons. The van der Waals surface area contributed by atoms with Gasteiger partial charge in [-0.2, -0.15) is 0 Å². The van der Waals surface area contributed by atoms with Crippen LogP contribution in [0, 0.1) is 0 Å². The Bertz CT molecular complexity index is 1420. The highest BCUT2D eigenvalue weighted by atomic mass is 79.9. The monoisotopic (exact) mass is 525 g/mol. The maximum absolute atomic E-state index is 4.86. The first-order chi connectivity index (χ1) is 16.2. The zero-order valence-electron chi connectivity index (χ0n) is 17.3. The third kappa shape index (κ3) is 4.22. The summed E-state index contributed by atoms with van der Waals surface area (Å²) in [5.74, 6) is 2.03. The molecule has 0 unspecified atom stereocenters. The number of halogens is 1. The summed E-state index contributed by atoms with van der Waals surface area (Å²) in [6.07, 6.45) is 0. The Kier molecular flexibility index (Phi) is 5.50. The van der Waals surface area contributed by atoms with Crippen LogP contribution < -0.4 is 0 Å². The Morgan fingerprint density at radius 3 is 1.52 bits per heavy atom. The topological polar surface area (TPSA) is 38.7 Å². The molecular weight excluding hydrogens is 510 g/mol. The van der Waals surface area contributed by atoms with E-state index in [2.05, 4.69) is 52.3 Å². The number of aromatic nitrogens is 3. The average Bonchev–Trinajstić information content (AvgIpc) is 2.88. The van der Waals surface area contributed by atoms with Crippen LogP contribution in [0.15, 0.2) is 121 Å². The van der Waals surface area contributed by atoms with Crippen LogP contribution in [0.1, 0.15) is 0 Å². The molecule has 0 bridgehead atoms. The molecule has 3 nitrogen and oxygen atoms in total. The lowest BCUT2D eigenvalue weighted by Crippen LogP contribution is -2.00. The molecule has 0 saturated heterocycles. The molecule has 0 aliphatic carbocycles. The van der Waals surface area contributed by atoms with Gasteiger partial charge in [0.15, 0.2) is 17.5 Å². The van der Waals surface area contributed by atoms with Gasteiger partial charge in [-0.25, -0.2) is 15.0 Å². The van der Waals surface area contributed by atoms with Gasteiger partial charge in [0.05, 0.1) is 0 Å². The van der Waals surface area contributed by atoms with Crippen molar-refractivity contribution in [3.63, 3.8) is 0 Å². The smallest absolute Gasteiger partial charge is 0.164 e. The van der Waals surface area contributed by atoms with Crippen molar-refractivity contribution in [2.45, 2.75) is 19.6 Å². The molecule has 0 amide bonds. The predicted molar refractivity (Wildman–Crippen MR) is 139 cm³/mol. The molecule has 33 heavy (non-hydrogen) atoms. The fraction of sp³-hybridized carbons (Fsp3) is 0. The minimum absolute atomic E-state index is 0.675. The number of hydrogen-bond donors (Lipinski definition) is 0. The van der Waals surface area contributed by atoms with Gasteiger partial charge in [0.25, 0.3) is 0 Å². The number of fused-ring (bicyclic) bond motifs is 2. The number of benzene rings is 4. The molecule has 6 rings (SSSR count). The van der Waals surface area contributed by atoms with E-state index in [0.29, 0.717) is 17.5 Å². The second-order valence-electron chi connectivity index (χ2n) is 7.49. The van der Waals surface area contributed by atoms with Gasteiger partial charge in [-0.15, -0.1) is 0 Å². The first-order valence-electron chi connectivity index (χ1n) is 10.4. The molecule has 0 spiro atoms. The Labute approximate surface area is 208 Å². The first-order valence-corrected chi connectivity index (χ1v) is 12.8. The summed E-state index contributed by atoms with van der Waals surface area (Å²) in [5.41, 5.74) is 2.93. The lowest BCUT2D eigenvalue weighted by atomic mass is 10.1. The second kappa shape index (κ2) is 8.78. The number of nitrogens with zero attached hydrogens (tertiary/aromatic N) is 3. The van der Waals surface area contributed by atoms with E-state index in [-0.39, 0.29) is 0 Å². The van der Waals surface area contributed by atoms with Crippen molar-refractivity contribution >= 4 is 39.5 Å². The van der Waals surface area contributed by atoms with E-state index in [0.717, 1.165) is 21.2 Å². The van der Waals surface area contributed by atoms with Gasteiger partial charge < -0.3 is 0 Å². The van der Waals surface area contributed by atoms with Crippen molar-refractivity contribution in [1.29, 1.82) is 0 Å². The van der Waals surface area contributed by atoms with E-state index < -0.39 is 0 Å². The van der Waals surface area contributed by atoms with Crippen molar-refractivity contribution in [2.75, 3.05) is 0 Å². The molecule has 1 aromatic heterocycles. The lowest BCUT2D eigenvalue weighted by molar-refractivity contribution is 1.07. The third-order valence-electron chi connectivity index (χ3n) is 5.25. The van der Waals surface area contributed by atoms with E-state index >= 15 is 0 Å². The van der Waals surface area contributed by atoms with Crippen molar-refractivity contribution < 1.29 is 0 Å². The Balaban J connectivity index is 1.46. The molecule has 5 aromatic rings. The first kappa shape index (κ1) is 20.7. The minimum atomic E-state index is 0.675. The quantitative estimate of drug-likeness (QED) is 0.232. The van der Waals surface area contributed by atoms with E-state index in [1.54, 1.807) is 23.5 Å². The lowest BCUT2D eigenvalue weighted by Gasteiger charge is -2.19. The van der Waals surface area contributed by atoms with Gasteiger partial charge in [0, 0.05) is 40.7 Å². The van der Waals surface area contributed by atoms with Crippen molar-refractivity contribution in [3.05, 3.63) is 102 Å². The molecule has 6 heteroatoms. The molecule has 4 aromatic carbocycles. The van der Waals surface area contributed by atoms with Crippen LogP contribution in [-0.2, 0) is 0 Å². The highest BCUT2D eigenvalue weighted by Gasteiger charge is 2.19. The average molecular weight is 526 g/mol. The zero-order chi connectivity index (χ0) is 22.2. The normalized spacial score (nSPS) is 12.2. The fourth-order valence-corrected chi connectivity index (χ4v) is 6.42. The SMILES string of the molecule is Brc1ccc2c(c1)Sc1ccc(-c3nc(-c4ccccc4)nc(-c4ccccc4)n3)cc1S2. The summed E-state index contributed by atoms with van der Waals surface area (Å²) in [6.45, 7) is 0.